The minimum atomic E-state index is 0.349. The molecule has 0 spiro atoms. The molecule has 0 amide bonds. The van der Waals surface area contributed by atoms with Crippen molar-refractivity contribution >= 4 is 18.4 Å². The first kappa shape index (κ1) is 7.87. The number of rotatable bonds is 0. The summed E-state index contributed by atoms with van der Waals surface area (Å²) in [5.41, 5.74) is 2.48. The van der Waals surface area contributed by atoms with E-state index in [0.29, 0.717) is 18.6 Å². The van der Waals surface area contributed by atoms with E-state index in [2.05, 4.69) is 18.7 Å². The van der Waals surface area contributed by atoms with Crippen LogP contribution in [0.4, 0.5) is 0 Å². The predicted octanol–water partition coefficient (Wildman–Crippen LogP) is 2.03. The Morgan fingerprint density at radius 3 is 2.83 bits per heavy atom. The molecule has 0 fully saturated rings. The summed E-state index contributed by atoms with van der Waals surface area (Å²) in [5, 5.41) is 0. The Morgan fingerprint density at radius 2 is 2.00 bits per heavy atom. The van der Waals surface area contributed by atoms with Crippen molar-refractivity contribution in [2.75, 3.05) is 0 Å². The lowest BCUT2D eigenvalue weighted by atomic mass is 9.91. The van der Waals surface area contributed by atoms with Gasteiger partial charge in [0.25, 0.3) is 0 Å². The van der Waals surface area contributed by atoms with Crippen LogP contribution in [0, 0.1) is 0 Å². The lowest BCUT2D eigenvalue weighted by Gasteiger charge is -2.14. The zero-order chi connectivity index (χ0) is 8.55. The van der Waals surface area contributed by atoms with E-state index in [4.69, 9.17) is 0 Å². The Morgan fingerprint density at radius 1 is 1.17 bits per heavy atom. The van der Waals surface area contributed by atoms with E-state index in [1.807, 2.05) is 12.1 Å². The van der Waals surface area contributed by atoms with Gasteiger partial charge in [0.1, 0.15) is 5.78 Å². The van der Waals surface area contributed by atoms with Crippen molar-refractivity contribution in [3.05, 3.63) is 29.3 Å². The van der Waals surface area contributed by atoms with Gasteiger partial charge >= 0.3 is 0 Å². The van der Waals surface area contributed by atoms with Gasteiger partial charge in [0.15, 0.2) is 0 Å². The van der Waals surface area contributed by atoms with E-state index in [-0.39, 0.29) is 0 Å². The van der Waals surface area contributed by atoms with Crippen LogP contribution in [0.1, 0.15) is 17.5 Å². The van der Waals surface area contributed by atoms with Gasteiger partial charge in [-0.25, -0.2) is 0 Å². The number of carbonyl (C=O) groups excluding carboxylic acids is 1. The van der Waals surface area contributed by atoms with Gasteiger partial charge < -0.3 is 0 Å². The summed E-state index contributed by atoms with van der Waals surface area (Å²) in [6.45, 7) is 0. The molecule has 1 aromatic carbocycles. The number of carbonyl (C=O) groups is 1. The number of thiol groups is 1. The molecule has 62 valence electrons. The molecule has 0 N–H and O–H groups in total. The van der Waals surface area contributed by atoms with E-state index in [0.717, 1.165) is 11.3 Å². The van der Waals surface area contributed by atoms with Crippen LogP contribution in [0.3, 0.4) is 0 Å². The number of hydrogen-bond donors (Lipinski definition) is 1. The molecular formula is C10H10OS. The van der Waals surface area contributed by atoms with Crippen LogP contribution in [-0.4, -0.2) is 5.78 Å². The van der Waals surface area contributed by atoms with Crippen LogP contribution in [0.15, 0.2) is 23.1 Å². The van der Waals surface area contributed by atoms with E-state index in [9.17, 15) is 4.79 Å². The number of benzene rings is 1. The number of aryl methyl sites for hydroxylation is 1. The highest BCUT2D eigenvalue weighted by Crippen LogP contribution is 2.21. The van der Waals surface area contributed by atoms with Crippen molar-refractivity contribution < 1.29 is 4.79 Å². The van der Waals surface area contributed by atoms with Crippen molar-refractivity contribution in [2.24, 2.45) is 0 Å². The summed E-state index contributed by atoms with van der Waals surface area (Å²) in [5.74, 6) is 0.349. The molecule has 1 nitrogen and oxygen atoms in total. The summed E-state index contributed by atoms with van der Waals surface area (Å²) in [4.78, 5) is 12.1. The van der Waals surface area contributed by atoms with Crippen molar-refractivity contribution in [2.45, 2.75) is 24.2 Å². The van der Waals surface area contributed by atoms with Gasteiger partial charge in [0.2, 0.25) is 0 Å². The Balaban J connectivity index is 2.44. The van der Waals surface area contributed by atoms with Crippen LogP contribution in [-0.2, 0) is 17.6 Å². The van der Waals surface area contributed by atoms with E-state index in [1.165, 1.54) is 11.1 Å². The Hall–Kier alpha value is -0.760. The maximum Gasteiger partial charge on any atom is 0.137 e. The first-order valence-corrected chi connectivity index (χ1v) is 4.53. The molecule has 0 radical (unpaired) electrons. The molecule has 0 atom stereocenters. The Bertz CT molecular complexity index is 331. The molecule has 2 rings (SSSR count). The third-order valence-electron chi connectivity index (χ3n) is 2.25. The van der Waals surface area contributed by atoms with E-state index >= 15 is 0 Å². The highest BCUT2D eigenvalue weighted by atomic mass is 32.1. The summed E-state index contributed by atoms with van der Waals surface area (Å²) < 4.78 is 0. The average Bonchev–Trinajstić information content (AvgIpc) is 2.03. The highest BCUT2D eigenvalue weighted by Gasteiger charge is 2.14. The quantitative estimate of drug-likeness (QED) is 0.601. The summed E-state index contributed by atoms with van der Waals surface area (Å²) in [6.07, 6.45) is 2.21. The monoisotopic (exact) mass is 178 g/mol. The Kier molecular flexibility index (Phi) is 1.93. The van der Waals surface area contributed by atoms with Crippen molar-refractivity contribution in [1.82, 2.24) is 0 Å². The van der Waals surface area contributed by atoms with Crippen LogP contribution in [0.25, 0.3) is 0 Å². The van der Waals surface area contributed by atoms with Gasteiger partial charge in [-0.1, -0.05) is 6.07 Å². The van der Waals surface area contributed by atoms with Crippen LogP contribution in [0.5, 0.6) is 0 Å². The molecule has 12 heavy (non-hydrogen) atoms. The number of Topliss-reactive ketones (excluding diaryl/α,β-unsaturated/α-hetero) is 1. The standard InChI is InChI=1S/C10H10OS/c11-9-3-1-7-2-4-10(12)6-8(7)5-9/h2,4,6,12H,1,3,5H2. The topological polar surface area (TPSA) is 17.1 Å². The largest absolute Gasteiger partial charge is 0.299 e. The molecule has 0 aromatic heterocycles. The minimum absolute atomic E-state index is 0.349. The summed E-state index contributed by atoms with van der Waals surface area (Å²) in [7, 11) is 0. The molecule has 0 aliphatic heterocycles. The number of ketones is 1. The second kappa shape index (κ2) is 2.94. The van der Waals surface area contributed by atoms with Crippen molar-refractivity contribution in [1.29, 1.82) is 0 Å². The van der Waals surface area contributed by atoms with Crippen LogP contribution in [0.2, 0.25) is 0 Å². The second-order valence-corrected chi connectivity index (χ2v) is 3.68. The third-order valence-corrected chi connectivity index (χ3v) is 2.53. The maximum atomic E-state index is 11.1. The van der Waals surface area contributed by atoms with Crippen LogP contribution >= 0.6 is 12.6 Å². The molecule has 0 saturated carbocycles. The van der Waals surface area contributed by atoms with Gasteiger partial charge in [0, 0.05) is 17.7 Å². The predicted molar refractivity (Wildman–Crippen MR) is 50.7 cm³/mol. The SMILES string of the molecule is O=C1CCc2ccc(S)cc2C1. The van der Waals surface area contributed by atoms with E-state index < -0.39 is 0 Å². The lowest BCUT2D eigenvalue weighted by molar-refractivity contribution is -0.118. The smallest absolute Gasteiger partial charge is 0.137 e. The zero-order valence-electron chi connectivity index (χ0n) is 6.71. The average molecular weight is 178 g/mol. The van der Waals surface area contributed by atoms with Crippen LogP contribution < -0.4 is 0 Å². The Labute approximate surface area is 77.2 Å². The first-order chi connectivity index (χ1) is 5.75. The van der Waals surface area contributed by atoms with Gasteiger partial charge in [-0.2, -0.15) is 0 Å². The summed E-state index contributed by atoms with van der Waals surface area (Å²) >= 11 is 4.24. The normalized spacial score (nSPS) is 15.9. The molecule has 0 heterocycles. The fourth-order valence-corrected chi connectivity index (χ4v) is 1.83. The second-order valence-electron chi connectivity index (χ2n) is 3.17. The van der Waals surface area contributed by atoms with Gasteiger partial charge in [-0.05, 0) is 29.7 Å². The minimum Gasteiger partial charge on any atom is -0.299 e. The van der Waals surface area contributed by atoms with Gasteiger partial charge in [0.05, 0.1) is 0 Å². The molecule has 0 saturated heterocycles. The third kappa shape index (κ3) is 1.39. The van der Waals surface area contributed by atoms with Gasteiger partial charge in [-0.15, -0.1) is 12.6 Å². The fourth-order valence-electron chi connectivity index (χ4n) is 1.60. The summed E-state index contributed by atoms with van der Waals surface area (Å²) in [6, 6.07) is 6.05. The molecule has 1 aliphatic rings. The van der Waals surface area contributed by atoms with E-state index in [1.54, 1.807) is 0 Å². The maximum absolute atomic E-state index is 11.1. The van der Waals surface area contributed by atoms with Crippen molar-refractivity contribution in [3.8, 4) is 0 Å². The molecule has 0 bridgehead atoms. The van der Waals surface area contributed by atoms with Crippen molar-refractivity contribution in [3.63, 3.8) is 0 Å². The molecule has 2 heteroatoms. The zero-order valence-corrected chi connectivity index (χ0v) is 7.60. The number of fused-ring (bicyclic) bond motifs is 1. The molecule has 1 aliphatic carbocycles. The van der Waals surface area contributed by atoms with Gasteiger partial charge in [-0.3, -0.25) is 4.79 Å². The lowest BCUT2D eigenvalue weighted by Crippen LogP contribution is -2.12. The highest BCUT2D eigenvalue weighted by molar-refractivity contribution is 7.80. The first-order valence-electron chi connectivity index (χ1n) is 4.08. The number of hydrogen-bond acceptors (Lipinski definition) is 2. The molecule has 1 aromatic rings. The molecular weight excluding hydrogens is 168 g/mol. The molecule has 0 unspecified atom stereocenters. The fraction of sp³-hybridized carbons (Fsp3) is 0.300.